The highest BCUT2D eigenvalue weighted by molar-refractivity contribution is 7.92. The van der Waals surface area contributed by atoms with Gasteiger partial charge in [-0.1, -0.05) is 35.2 Å². The van der Waals surface area contributed by atoms with Crippen molar-refractivity contribution < 1.29 is 18.3 Å². The zero-order valence-corrected chi connectivity index (χ0v) is 14.6. The number of anilines is 1. The van der Waals surface area contributed by atoms with Gasteiger partial charge in [0.25, 0.3) is 15.9 Å². The molecule has 0 spiro atoms. The summed E-state index contributed by atoms with van der Waals surface area (Å²) in [4.78, 5) is 7.71. The van der Waals surface area contributed by atoms with Crippen LogP contribution in [0.5, 0.6) is 5.88 Å². The molecular weight excluding hydrogens is 377 g/mol. The molecule has 0 atom stereocenters. The molecule has 1 aromatic heterocycles. The standard InChI is InChI=1S/C14H11Cl2N3O4S/c1-23-14-13(17-8-9(18-14)4-3-7-20)19-24(21,22)11-6-2-5-10(15)12(11)16/h2,5-6,8,20H,7H2,1H3,(H,17,19). The summed E-state index contributed by atoms with van der Waals surface area (Å²) in [5.74, 6) is 4.72. The lowest BCUT2D eigenvalue weighted by molar-refractivity contribution is 0.350. The molecule has 2 N–H and O–H groups in total. The molecule has 0 aliphatic carbocycles. The Hall–Kier alpha value is -2.05. The van der Waals surface area contributed by atoms with E-state index >= 15 is 0 Å². The predicted molar refractivity (Wildman–Crippen MR) is 89.8 cm³/mol. The molecule has 1 aromatic carbocycles. The van der Waals surface area contributed by atoms with E-state index < -0.39 is 10.0 Å². The van der Waals surface area contributed by atoms with Crippen LogP contribution in [0.1, 0.15) is 5.69 Å². The summed E-state index contributed by atoms with van der Waals surface area (Å²) < 4.78 is 32.2. The molecule has 0 bridgehead atoms. The minimum atomic E-state index is -4.05. The van der Waals surface area contributed by atoms with E-state index in [4.69, 9.17) is 33.0 Å². The molecule has 0 aliphatic heterocycles. The van der Waals surface area contributed by atoms with Gasteiger partial charge in [0.05, 0.1) is 23.4 Å². The third-order valence-corrected chi connectivity index (χ3v) is 4.98. The number of ether oxygens (including phenoxy) is 1. The van der Waals surface area contributed by atoms with Gasteiger partial charge in [0.2, 0.25) is 5.82 Å². The fraction of sp³-hybridized carbons (Fsp3) is 0.143. The first-order valence-corrected chi connectivity index (χ1v) is 8.60. The lowest BCUT2D eigenvalue weighted by Crippen LogP contribution is -2.16. The lowest BCUT2D eigenvalue weighted by Gasteiger charge is -2.11. The van der Waals surface area contributed by atoms with Gasteiger partial charge in [0.15, 0.2) is 0 Å². The molecule has 0 saturated carbocycles. The van der Waals surface area contributed by atoms with Crippen molar-refractivity contribution in [3.63, 3.8) is 0 Å². The normalized spacial score (nSPS) is 10.7. The number of aromatic nitrogens is 2. The maximum Gasteiger partial charge on any atom is 0.264 e. The molecule has 0 fully saturated rings. The second kappa shape index (κ2) is 7.68. The number of nitrogens with one attached hydrogen (secondary N) is 1. The number of benzene rings is 1. The van der Waals surface area contributed by atoms with E-state index in [-0.39, 0.29) is 38.9 Å². The zero-order valence-electron chi connectivity index (χ0n) is 12.2. The van der Waals surface area contributed by atoms with Crippen molar-refractivity contribution in [2.45, 2.75) is 4.90 Å². The van der Waals surface area contributed by atoms with E-state index in [1.807, 2.05) is 0 Å². The number of methoxy groups -OCH3 is 1. The zero-order chi connectivity index (χ0) is 17.7. The van der Waals surface area contributed by atoms with Gasteiger partial charge in [-0.25, -0.2) is 13.4 Å². The molecule has 0 unspecified atom stereocenters. The Bertz CT molecular complexity index is 923. The topological polar surface area (TPSA) is 101 Å². The Morgan fingerprint density at radius 1 is 1.38 bits per heavy atom. The first kappa shape index (κ1) is 18.3. The molecule has 0 amide bonds. The SMILES string of the molecule is COc1nc(C#CCO)cnc1NS(=O)(=O)c1cccc(Cl)c1Cl. The molecule has 2 rings (SSSR count). The van der Waals surface area contributed by atoms with Crippen LogP contribution in [-0.2, 0) is 10.0 Å². The predicted octanol–water partition coefficient (Wildman–Crippen LogP) is 1.94. The minimum absolute atomic E-state index is 0.0820. The highest BCUT2D eigenvalue weighted by Gasteiger charge is 2.22. The summed E-state index contributed by atoms with van der Waals surface area (Å²) in [6, 6.07) is 4.23. The number of hydrogen-bond donors (Lipinski definition) is 2. The summed E-state index contributed by atoms with van der Waals surface area (Å²) in [7, 11) is -2.75. The van der Waals surface area contributed by atoms with Crippen molar-refractivity contribution in [1.29, 1.82) is 0 Å². The summed E-state index contributed by atoms with van der Waals surface area (Å²) in [6.07, 6.45) is 1.24. The average Bonchev–Trinajstić information content (AvgIpc) is 2.56. The second-order valence-corrected chi connectivity index (χ2v) is 6.67. The van der Waals surface area contributed by atoms with Crippen LogP contribution in [0.15, 0.2) is 29.3 Å². The highest BCUT2D eigenvalue weighted by Crippen LogP contribution is 2.31. The number of halogens is 2. The maximum absolute atomic E-state index is 12.5. The fourth-order valence-corrected chi connectivity index (χ4v) is 3.42. The van der Waals surface area contributed by atoms with Crippen LogP contribution < -0.4 is 9.46 Å². The third-order valence-electron chi connectivity index (χ3n) is 2.67. The van der Waals surface area contributed by atoms with Crippen LogP contribution in [0.4, 0.5) is 5.82 Å². The minimum Gasteiger partial charge on any atom is -0.478 e. The van der Waals surface area contributed by atoms with Gasteiger partial charge < -0.3 is 9.84 Å². The van der Waals surface area contributed by atoms with E-state index in [1.165, 1.54) is 31.5 Å². The molecule has 0 aliphatic rings. The molecule has 1 heterocycles. The van der Waals surface area contributed by atoms with Gasteiger partial charge in [-0.3, -0.25) is 4.72 Å². The molecule has 10 heteroatoms. The lowest BCUT2D eigenvalue weighted by atomic mass is 10.4. The monoisotopic (exact) mass is 387 g/mol. The highest BCUT2D eigenvalue weighted by atomic mass is 35.5. The summed E-state index contributed by atoms with van der Waals surface area (Å²) in [5, 5.41) is 8.66. The smallest absolute Gasteiger partial charge is 0.264 e. The molecule has 24 heavy (non-hydrogen) atoms. The Kier molecular flexibility index (Phi) is 5.85. The Balaban J connectivity index is 2.41. The summed E-state index contributed by atoms with van der Waals surface area (Å²) >= 11 is 11.8. The van der Waals surface area contributed by atoms with Crippen LogP contribution in [0.25, 0.3) is 0 Å². The molecule has 0 radical (unpaired) electrons. The summed E-state index contributed by atoms with van der Waals surface area (Å²) in [5.41, 5.74) is 0.213. The van der Waals surface area contributed by atoms with Gasteiger partial charge in [0.1, 0.15) is 17.2 Å². The van der Waals surface area contributed by atoms with Gasteiger partial charge in [0, 0.05) is 0 Å². The van der Waals surface area contributed by atoms with Crippen molar-refractivity contribution in [2.24, 2.45) is 0 Å². The number of aliphatic hydroxyl groups is 1. The van der Waals surface area contributed by atoms with E-state index in [0.717, 1.165) is 0 Å². The van der Waals surface area contributed by atoms with E-state index in [9.17, 15) is 8.42 Å². The number of rotatable bonds is 4. The Morgan fingerprint density at radius 3 is 2.79 bits per heavy atom. The van der Waals surface area contributed by atoms with Gasteiger partial charge in [-0.15, -0.1) is 0 Å². The van der Waals surface area contributed by atoms with Crippen LogP contribution in [0.3, 0.4) is 0 Å². The van der Waals surface area contributed by atoms with E-state index in [0.29, 0.717) is 0 Å². The van der Waals surface area contributed by atoms with Crippen molar-refractivity contribution in [2.75, 3.05) is 18.4 Å². The Labute approximate surface area is 148 Å². The molecular formula is C14H11Cl2N3O4S. The first-order valence-electron chi connectivity index (χ1n) is 6.36. The maximum atomic E-state index is 12.5. The molecule has 0 saturated heterocycles. The Morgan fingerprint density at radius 2 is 2.12 bits per heavy atom. The first-order chi connectivity index (χ1) is 11.4. The third kappa shape index (κ3) is 4.07. The van der Waals surface area contributed by atoms with Crippen molar-refractivity contribution >= 4 is 39.0 Å². The average molecular weight is 388 g/mol. The van der Waals surface area contributed by atoms with Gasteiger partial charge >= 0.3 is 0 Å². The van der Waals surface area contributed by atoms with Crippen LogP contribution >= 0.6 is 23.2 Å². The number of aliphatic hydroxyl groups excluding tert-OH is 1. The van der Waals surface area contributed by atoms with Crippen molar-refractivity contribution in [3.8, 4) is 17.7 Å². The van der Waals surface area contributed by atoms with Crippen LogP contribution in [0, 0.1) is 11.8 Å². The largest absolute Gasteiger partial charge is 0.478 e. The second-order valence-electron chi connectivity index (χ2n) is 4.23. The number of hydrogen-bond acceptors (Lipinski definition) is 6. The molecule has 126 valence electrons. The van der Waals surface area contributed by atoms with Gasteiger partial charge in [-0.05, 0) is 18.1 Å². The van der Waals surface area contributed by atoms with E-state index in [2.05, 4.69) is 26.5 Å². The van der Waals surface area contributed by atoms with Crippen molar-refractivity contribution in [3.05, 3.63) is 40.1 Å². The quantitative estimate of drug-likeness (QED) is 0.777. The number of nitrogens with zero attached hydrogens (tertiary/aromatic N) is 2. The molecule has 2 aromatic rings. The number of sulfonamides is 1. The van der Waals surface area contributed by atoms with E-state index in [1.54, 1.807) is 0 Å². The fourth-order valence-electron chi connectivity index (χ4n) is 1.65. The van der Waals surface area contributed by atoms with Gasteiger partial charge in [-0.2, -0.15) is 4.98 Å². The van der Waals surface area contributed by atoms with Crippen molar-refractivity contribution in [1.82, 2.24) is 9.97 Å². The molecule has 7 nitrogen and oxygen atoms in total. The summed E-state index contributed by atoms with van der Waals surface area (Å²) in [6.45, 7) is -0.342. The van der Waals surface area contributed by atoms with Crippen LogP contribution in [-0.4, -0.2) is 37.2 Å². The van der Waals surface area contributed by atoms with Crippen LogP contribution in [0.2, 0.25) is 10.0 Å².